The van der Waals surface area contributed by atoms with Crippen LogP contribution in [0.4, 0.5) is 0 Å². The van der Waals surface area contributed by atoms with Gasteiger partial charge < -0.3 is 0 Å². The Kier molecular flexibility index (Phi) is 5.43. The van der Waals surface area contributed by atoms with Crippen molar-refractivity contribution in [3.8, 4) is 6.19 Å². The van der Waals surface area contributed by atoms with E-state index in [1.54, 1.807) is 0 Å². The fourth-order valence-electron chi connectivity index (χ4n) is 2.69. The van der Waals surface area contributed by atoms with Crippen molar-refractivity contribution in [2.24, 2.45) is 17.8 Å². The van der Waals surface area contributed by atoms with Crippen LogP contribution in [0.2, 0.25) is 0 Å². The van der Waals surface area contributed by atoms with Crippen molar-refractivity contribution in [3.63, 3.8) is 0 Å². The molecule has 0 aromatic heterocycles. The number of rotatable bonds is 3. The molecule has 0 N–H and O–H groups in total. The van der Waals surface area contributed by atoms with Crippen LogP contribution in [0.25, 0.3) is 0 Å². The second kappa shape index (κ2) is 6.43. The molecule has 1 amide bonds. The molecular weight excluding hydrogens is 260 g/mol. The molecule has 4 atom stereocenters. The van der Waals surface area contributed by atoms with Gasteiger partial charge in [-0.1, -0.05) is 25.5 Å². The van der Waals surface area contributed by atoms with E-state index in [1.807, 2.05) is 20.0 Å². The van der Waals surface area contributed by atoms with Gasteiger partial charge in [-0.25, -0.2) is 4.90 Å². The molecule has 0 saturated carbocycles. The summed E-state index contributed by atoms with van der Waals surface area (Å²) in [5.74, 6) is 0.586. The lowest BCUT2D eigenvalue weighted by Crippen LogP contribution is -2.43. The van der Waals surface area contributed by atoms with E-state index in [4.69, 9.17) is 16.9 Å². The third-order valence-corrected chi connectivity index (χ3v) is 4.54. The van der Waals surface area contributed by atoms with Crippen molar-refractivity contribution in [3.05, 3.63) is 11.6 Å². The van der Waals surface area contributed by atoms with Crippen LogP contribution in [0, 0.1) is 29.2 Å². The summed E-state index contributed by atoms with van der Waals surface area (Å²) in [7, 11) is 0. The second-order valence-electron chi connectivity index (χ2n) is 5.93. The summed E-state index contributed by atoms with van der Waals surface area (Å²) in [4.78, 5) is 13.5. The first-order valence-electron chi connectivity index (χ1n) is 6.83. The van der Waals surface area contributed by atoms with Gasteiger partial charge in [0.1, 0.15) is 5.38 Å². The largest absolute Gasteiger partial charge is 0.272 e. The van der Waals surface area contributed by atoms with Crippen LogP contribution in [-0.2, 0) is 4.79 Å². The maximum absolute atomic E-state index is 12.3. The van der Waals surface area contributed by atoms with Crippen LogP contribution < -0.4 is 0 Å². The predicted molar refractivity (Wildman–Crippen MR) is 77.4 cm³/mol. The Morgan fingerprint density at radius 3 is 2.58 bits per heavy atom. The molecule has 0 aliphatic heterocycles. The third-order valence-electron chi connectivity index (χ3n) is 4.06. The number of carbonyl (C=O) groups excluding carboxylic acids is 1. The molecule has 1 aliphatic carbocycles. The van der Waals surface area contributed by atoms with Gasteiger partial charge in [-0.05, 0) is 39.0 Å². The molecule has 0 spiro atoms. The fourth-order valence-corrected chi connectivity index (χ4v) is 3.10. The highest BCUT2D eigenvalue weighted by molar-refractivity contribution is 6.31. The minimum Gasteiger partial charge on any atom is -0.272 e. The number of allylic oxidation sites excluding steroid dienone is 2. The lowest BCUT2D eigenvalue weighted by Gasteiger charge is -2.35. The Balaban J connectivity index is 2.93. The monoisotopic (exact) mass is 282 g/mol. The molecule has 4 heteroatoms. The maximum Gasteiger partial charge on any atom is 0.254 e. The Hall–Kier alpha value is -1.01. The first-order valence-corrected chi connectivity index (χ1v) is 7.27. The van der Waals surface area contributed by atoms with Gasteiger partial charge in [0.2, 0.25) is 0 Å². The van der Waals surface area contributed by atoms with Crippen LogP contribution in [-0.4, -0.2) is 22.2 Å². The Morgan fingerprint density at radius 1 is 1.53 bits per heavy atom. The van der Waals surface area contributed by atoms with Crippen LogP contribution in [0.3, 0.4) is 0 Å². The van der Waals surface area contributed by atoms with Crippen LogP contribution in [0.15, 0.2) is 11.6 Å². The topological polar surface area (TPSA) is 44.1 Å². The standard InChI is InChI=1S/C15H23ClN2O/c1-9(2)18(8-17)15(19)14(16)13-7-10(3)6-11(4)12(13)5/h7,9,11-14H,6H2,1-5H3. The minimum atomic E-state index is -0.658. The normalized spacial score (nSPS) is 28.5. The van der Waals surface area contributed by atoms with Crippen molar-refractivity contribution in [2.75, 3.05) is 0 Å². The quantitative estimate of drug-likeness (QED) is 0.344. The predicted octanol–water partition coefficient (Wildman–Crippen LogP) is 3.55. The zero-order chi connectivity index (χ0) is 14.7. The van der Waals surface area contributed by atoms with Gasteiger partial charge in [0, 0.05) is 12.0 Å². The first-order chi connectivity index (χ1) is 8.79. The van der Waals surface area contributed by atoms with Gasteiger partial charge in [-0.2, -0.15) is 5.26 Å². The van der Waals surface area contributed by atoms with Crippen molar-refractivity contribution < 1.29 is 4.79 Å². The molecule has 0 radical (unpaired) electrons. The molecule has 3 nitrogen and oxygen atoms in total. The summed E-state index contributed by atoms with van der Waals surface area (Å²) >= 11 is 6.37. The summed E-state index contributed by atoms with van der Waals surface area (Å²) in [6.07, 6.45) is 5.10. The number of nitrogens with zero attached hydrogens (tertiary/aromatic N) is 2. The highest BCUT2D eigenvalue weighted by Gasteiger charge is 2.37. The lowest BCUT2D eigenvalue weighted by molar-refractivity contribution is -0.130. The van der Waals surface area contributed by atoms with E-state index in [0.717, 1.165) is 6.42 Å². The molecule has 1 aliphatic rings. The molecule has 0 saturated heterocycles. The Morgan fingerprint density at radius 2 is 2.11 bits per heavy atom. The summed E-state index contributed by atoms with van der Waals surface area (Å²) in [5, 5.41) is 8.41. The number of hydrogen-bond donors (Lipinski definition) is 0. The Bertz CT molecular complexity index is 411. The zero-order valence-electron chi connectivity index (χ0n) is 12.4. The first kappa shape index (κ1) is 16.0. The molecule has 4 unspecified atom stereocenters. The van der Waals surface area contributed by atoms with Gasteiger partial charge in [0.25, 0.3) is 5.91 Å². The van der Waals surface area contributed by atoms with Crippen molar-refractivity contribution >= 4 is 17.5 Å². The highest BCUT2D eigenvalue weighted by Crippen LogP contribution is 2.37. The van der Waals surface area contributed by atoms with Crippen LogP contribution in [0.1, 0.15) is 41.0 Å². The highest BCUT2D eigenvalue weighted by atomic mass is 35.5. The second-order valence-corrected chi connectivity index (χ2v) is 6.40. The summed E-state index contributed by atoms with van der Waals surface area (Å²) < 4.78 is 0. The smallest absolute Gasteiger partial charge is 0.254 e. The van der Waals surface area contributed by atoms with E-state index in [-0.39, 0.29) is 17.9 Å². The summed E-state index contributed by atoms with van der Waals surface area (Å²) in [6.45, 7) is 10.0. The summed E-state index contributed by atoms with van der Waals surface area (Å²) in [5.41, 5.74) is 1.28. The molecule has 0 heterocycles. The number of hydrogen-bond acceptors (Lipinski definition) is 2. The number of amides is 1. The van der Waals surface area contributed by atoms with Crippen molar-refractivity contribution in [1.29, 1.82) is 5.26 Å². The number of halogens is 1. The number of carbonyl (C=O) groups is 1. The van der Waals surface area contributed by atoms with E-state index < -0.39 is 5.38 Å². The maximum atomic E-state index is 12.3. The van der Waals surface area contributed by atoms with E-state index >= 15 is 0 Å². The van der Waals surface area contributed by atoms with Gasteiger partial charge in [-0.15, -0.1) is 11.6 Å². The molecule has 0 aromatic carbocycles. The molecule has 1 rings (SSSR count). The summed E-state index contributed by atoms with van der Waals surface area (Å²) in [6, 6.07) is -0.153. The lowest BCUT2D eigenvalue weighted by atomic mass is 9.73. The van der Waals surface area contributed by atoms with Gasteiger partial charge in [0.15, 0.2) is 6.19 Å². The van der Waals surface area contributed by atoms with Gasteiger partial charge in [-0.3, -0.25) is 4.79 Å². The third kappa shape index (κ3) is 3.51. The van der Waals surface area contributed by atoms with E-state index in [9.17, 15) is 4.79 Å². The fraction of sp³-hybridized carbons (Fsp3) is 0.733. The van der Waals surface area contributed by atoms with Crippen molar-refractivity contribution in [1.82, 2.24) is 4.90 Å². The van der Waals surface area contributed by atoms with E-state index in [0.29, 0.717) is 11.8 Å². The van der Waals surface area contributed by atoms with Gasteiger partial charge >= 0.3 is 0 Å². The molecule has 0 aromatic rings. The number of alkyl halides is 1. The molecule has 0 bridgehead atoms. The van der Waals surface area contributed by atoms with Crippen molar-refractivity contribution in [2.45, 2.75) is 52.5 Å². The molecule has 19 heavy (non-hydrogen) atoms. The van der Waals surface area contributed by atoms with Crippen LogP contribution in [0.5, 0.6) is 0 Å². The average Bonchev–Trinajstić information content (AvgIpc) is 2.33. The van der Waals surface area contributed by atoms with Gasteiger partial charge in [0.05, 0.1) is 0 Å². The average molecular weight is 283 g/mol. The van der Waals surface area contributed by atoms with Crippen LogP contribution >= 0.6 is 11.6 Å². The molecule has 106 valence electrons. The SMILES string of the molecule is CC1=CC(C(Cl)C(=O)N(C#N)C(C)C)C(C)C(C)C1. The minimum absolute atomic E-state index is 0.00696. The molecular formula is C15H23ClN2O. The zero-order valence-corrected chi connectivity index (χ0v) is 13.1. The number of nitriles is 1. The molecule has 0 fully saturated rings. The Labute approximate surface area is 121 Å². The van der Waals surface area contributed by atoms with E-state index in [2.05, 4.69) is 26.8 Å². The van der Waals surface area contributed by atoms with E-state index in [1.165, 1.54) is 10.5 Å².